The summed E-state index contributed by atoms with van der Waals surface area (Å²) in [6.07, 6.45) is 4.90. The zero-order valence-electron chi connectivity index (χ0n) is 12.9. The number of hydrogen-bond acceptors (Lipinski definition) is 6. The third-order valence-corrected chi connectivity index (χ3v) is 3.99. The second-order valence-corrected chi connectivity index (χ2v) is 5.81. The maximum Gasteiger partial charge on any atom is 0.338 e. The molecule has 7 heteroatoms. The molecule has 2 aromatic heterocycles. The monoisotopic (exact) mass is 322 g/mol. The van der Waals surface area contributed by atoms with Crippen LogP contribution in [0.1, 0.15) is 40.6 Å². The van der Waals surface area contributed by atoms with Crippen LogP contribution in [0, 0.1) is 6.92 Å². The van der Waals surface area contributed by atoms with Gasteiger partial charge in [0, 0.05) is 30.4 Å². The summed E-state index contributed by atoms with van der Waals surface area (Å²) in [4.78, 5) is 23.6. The van der Waals surface area contributed by atoms with Gasteiger partial charge in [0.25, 0.3) is 0 Å². The second kappa shape index (κ2) is 5.52. The topological polar surface area (TPSA) is 102 Å². The Bertz CT molecular complexity index is 914. The number of carbonyl (C=O) groups is 1. The molecule has 2 heterocycles. The van der Waals surface area contributed by atoms with Gasteiger partial charge >= 0.3 is 5.97 Å². The van der Waals surface area contributed by atoms with E-state index in [1.54, 1.807) is 6.92 Å². The summed E-state index contributed by atoms with van der Waals surface area (Å²) < 4.78 is 5.04. The molecule has 1 fully saturated rings. The first-order valence-electron chi connectivity index (χ1n) is 7.62. The molecule has 0 aliphatic heterocycles. The fourth-order valence-corrected chi connectivity index (χ4v) is 2.63. The maximum atomic E-state index is 10.9. The smallest absolute Gasteiger partial charge is 0.338 e. The van der Waals surface area contributed by atoms with Gasteiger partial charge in [-0.2, -0.15) is 4.98 Å². The standard InChI is InChI=1S/C17H14N4O3/c1-9-20-15(21-24-9)11-4-5-13(14(6-11)10-2-3-10)16-18-7-12(8-19-16)17(22)23/h4-8,10H,2-3H2,1H3,(H,22,23). The van der Waals surface area contributed by atoms with Crippen molar-refractivity contribution in [3.8, 4) is 22.8 Å². The van der Waals surface area contributed by atoms with Gasteiger partial charge in [-0.25, -0.2) is 14.8 Å². The van der Waals surface area contributed by atoms with Crippen LogP contribution in [0.2, 0.25) is 0 Å². The van der Waals surface area contributed by atoms with Crippen LogP contribution in [-0.4, -0.2) is 31.2 Å². The van der Waals surface area contributed by atoms with E-state index in [9.17, 15) is 4.79 Å². The lowest BCUT2D eigenvalue weighted by atomic mass is 9.99. The van der Waals surface area contributed by atoms with Crippen LogP contribution in [0.4, 0.5) is 0 Å². The fraction of sp³-hybridized carbons (Fsp3) is 0.235. The van der Waals surface area contributed by atoms with Crippen molar-refractivity contribution in [2.75, 3.05) is 0 Å². The lowest BCUT2D eigenvalue weighted by molar-refractivity contribution is 0.0696. The van der Waals surface area contributed by atoms with Gasteiger partial charge in [-0.3, -0.25) is 0 Å². The normalized spacial score (nSPS) is 13.9. The molecule has 0 radical (unpaired) electrons. The van der Waals surface area contributed by atoms with E-state index in [1.807, 2.05) is 18.2 Å². The predicted octanol–water partition coefficient (Wildman–Crippen LogP) is 3.08. The van der Waals surface area contributed by atoms with E-state index in [0.717, 1.165) is 29.5 Å². The molecule has 7 nitrogen and oxygen atoms in total. The van der Waals surface area contributed by atoms with Crippen molar-refractivity contribution >= 4 is 5.97 Å². The molecular weight excluding hydrogens is 308 g/mol. The van der Waals surface area contributed by atoms with Gasteiger partial charge in [0.05, 0.1) is 5.56 Å². The summed E-state index contributed by atoms with van der Waals surface area (Å²) in [7, 11) is 0. The SMILES string of the molecule is Cc1nc(-c2ccc(-c3ncc(C(=O)O)cn3)c(C3CC3)c2)no1. The summed E-state index contributed by atoms with van der Waals surface area (Å²) in [6, 6.07) is 5.89. The minimum absolute atomic E-state index is 0.0746. The Hall–Kier alpha value is -3.09. The summed E-state index contributed by atoms with van der Waals surface area (Å²) in [5.74, 6) is 1.04. The average Bonchev–Trinajstić information content (AvgIpc) is 3.35. The highest BCUT2D eigenvalue weighted by Gasteiger charge is 2.28. The van der Waals surface area contributed by atoms with Gasteiger partial charge in [0.1, 0.15) is 0 Å². The van der Waals surface area contributed by atoms with Crippen molar-refractivity contribution in [1.82, 2.24) is 20.1 Å². The molecule has 0 unspecified atom stereocenters. The first-order valence-corrected chi connectivity index (χ1v) is 7.62. The second-order valence-electron chi connectivity index (χ2n) is 5.81. The molecule has 4 rings (SSSR count). The summed E-state index contributed by atoms with van der Waals surface area (Å²) in [5, 5.41) is 12.9. The summed E-state index contributed by atoms with van der Waals surface area (Å²) >= 11 is 0. The van der Waals surface area contributed by atoms with Gasteiger partial charge in [0.2, 0.25) is 11.7 Å². The Morgan fingerprint density at radius 3 is 2.54 bits per heavy atom. The van der Waals surface area contributed by atoms with Crippen LogP contribution >= 0.6 is 0 Å². The van der Waals surface area contributed by atoms with E-state index >= 15 is 0 Å². The van der Waals surface area contributed by atoms with E-state index in [0.29, 0.717) is 23.5 Å². The Morgan fingerprint density at radius 1 is 1.21 bits per heavy atom. The molecule has 3 aromatic rings. The zero-order valence-corrected chi connectivity index (χ0v) is 12.9. The highest BCUT2D eigenvalue weighted by atomic mass is 16.5. The molecule has 1 aliphatic carbocycles. The number of carboxylic acids is 1. The van der Waals surface area contributed by atoms with Crippen LogP contribution in [-0.2, 0) is 0 Å². The number of benzene rings is 1. The van der Waals surface area contributed by atoms with Gasteiger partial charge in [-0.05, 0) is 30.4 Å². The van der Waals surface area contributed by atoms with Crippen molar-refractivity contribution in [2.45, 2.75) is 25.7 Å². The number of aromatic carboxylic acids is 1. The van der Waals surface area contributed by atoms with Crippen molar-refractivity contribution in [3.63, 3.8) is 0 Å². The van der Waals surface area contributed by atoms with Crippen molar-refractivity contribution in [2.24, 2.45) is 0 Å². The summed E-state index contributed by atoms with van der Waals surface area (Å²) in [5.41, 5.74) is 3.02. The number of aryl methyl sites for hydroxylation is 1. The van der Waals surface area contributed by atoms with E-state index < -0.39 is 5.97 Å². The third-order valence-electron chi connectivity index (χ3n) is 3.99. The molecule has 0 amide bonds. The highest BCUT2D eigenvalue weighted by Crippen LogP contribution is 2.45. The molecule has 1 saturated carbocycles. The quantitative estimate of drug-likeness (QED) is 0.787. The molecule has 120 valence electrons. The van der Waals surface area contributed by atoms with E-state index in [-0.39, 0.29) is 5.56 Å². The largest absolute Gasteiger partial charge is 0.478 e. The fourth-order valence-electron chi connectivity index (χ4n) is 2.63. The van der Waals surface area contributed by atoms with E-state index in [2.05, 4.69) is 20.1 Å². The number of nitrogens with zero attached hydrogens (tertiary/aromatic N) is 4. The van der Waals surface area contributed by atoms with E-state index in [4.69, 9.17) is 9.63 Å². The number of carboxylic acid groups (broad SMARTS) is 1. The third kappa shape index (κ3) is 2.64. The lowest BCUT2D eigenvalue weighted by Crippen LogP contribution is -2.00. The number of hydrogen-bond donors (Lipinski definition) is 1. The Balaban J connectivity index is 1.76. The molecular formula is C17H14N4O3. The minimum Gasteiger partial charge on any atom is -0.478 e. The lowest BCUT2D eigenvalue weighted by Gasteiger charge is -2.09. The maximum absolute atomic E-state index is 10.9. The predicted molar refractivity (Wildman–Crippen MR) is 84.4 cm³/mol. The van der Waals surface area contributed by atoms with Crippen LogP contribution in [0.3, 0.4) is 0 Å². The Kier molecular flexibility index (Phi) is 3.34. The first kappa shape index (κ1) is 14.5. The Labute approximate surface area is 137 Å². The van der Waals surface area contributed by atoms with Crippen molar-refractivity contribution < 1.29 is 14.4 Å². The molecule has 0 spiro atoms. The first-order chi connectivity index (χ1) is 11.6. The van der Waals surface area contributed by atoms with Crippen molar-refractivity contribution in [3.05, 3.63) is 47.6 Å². The van der Waals surface area contributed by atoms with Crippen LogP contribution in [0.5, 0.6) is 0 Å². The van der Waals surface area contributed by atoms with Crippen molar-refractivity contribution in [1.29, 1.82) is 0 Å². The molecule has 0 atom stereocenters. The molecule has 1 aromatic carbocycles. The van der Waals surface area contributed by atoms with Gasteiger partial charge < -0.3 is 9.63 Å². The highest BCUT2D eigenvalue weighted by molar-refractivity contribution is 5.87. The minimum atomic E-state index is -1.04. The van der Waals surface area contributed by atoms with Crippen LogP contribution < -0.4 is 0 Å². The molecule has 24 heavy (non-hydrogen) atoms. The molecule has 0 bridgehead atoms. The van der Waals surface area contributed by atoms with E-state index in [1.165, 1.54) is 12.4 Å². The summed E-state index contributed by atoms with van der Waals surface area (Å²) in [6.45, 7) is 1.75. The Morgan fingerprint density at radius 2 is 1.96 bits per heavy atom. The average molecular weight is 322 g/mol. The van der Waals surface area contributed by atoms with Gasteiger partial charge in [-0.1, -0.05) is 17.3 Å². The molecule has 1 N–H and O–H groups in total. The number of rotatable bonds is 4. The van der Waals surface area contributed by atoms with Gasteiger partial charge in [0.15, 0.2) is 5.82 Å². The zero-order chi connectivity index (χ0) is 16.7. The molecule has 0 saturated heterocycles. The molecule has 1 aliphatic rings. The number of aromatic nitrogens is 4. The van der Waals surface area contributed by atoms with Crippen LogP contribution in [0.15, 0.2) is 35.1 Å². The van der Waals surface area contributed by atoms with Crippen LogP contribution in [0.25, 0.3) is 22.8 Å². The van der Waals surface area contributed by atoms with Gasteiger partial charge in [-0.15, -0.1) is 0 Å².